The first-order valence-electron chi connectivity index (χ1n) is 8.19. The summed E-state index contributed by atoms with van der Waals surface area (Å²) in [6, 6.07) is 9.99. The van der Waals surface area contributed by atoms with E-state index in [9.17, 15) is 9.18 Å². The monoisotopic (exact) mass is 372 g/mol. The number of carbonyl (C=O) groups excluding carboxylic acids is 1. The summed E-state index contributed by atoms with van der Waals surface area (Å²) >= 11 is 1.22. The van der Waals surface area contributed by atoms with Crippen molar-refractivity contribution in [1.82, 2.24) is 4.98 Å². The summed E-state index contributed by atoms with van der Waals surface area (Å²) in [6.45, 7) is 3.86. The minimum absolute atomic E-state index is 0.162. The van der Waals surface area contributed by atoms with E-state index in [1.807, 2.05) is 26.0 Å². The molecule has 1 N–H and O–H groups in total. The number of amides is 1. The van der Waals surface area contributed by atoms with Gasteiger partial charge in [-0.15, -0.1) is 0 Å². The predicted molar refractivity (Wildman–Crippen MR) is 98.6 cm³/mol. The van der Waals surface area contributed by atoms with E-state index in [1.165, 1.54) is 23.5 Å². The first-order chi connectivity index (χ1) is 12.4. The Morgan fingerprint density at radius 3 is 3.08 bits per heavy atom. The summed E-state index contributed by atoms with van der Waals surface area (Å²) in [5, 5.41) is 3.10. The van der Waals surface area contributed by atoms with Crippen molar-refractivity contribution in [2.45, 2.75) is 25.9 Å². The van der Waals surface area contributed by atoms with Crippen LogP contribution in [0.3, 0.4) is 0 Å². The van der Waals surface area contributed by atoms with Crippen molar-refractivity contribution in [2.75, 3.05) is 11.9 Å². The van der Waals surface area contributed by atoms with Crippen LogP contribution in [0.5, 0.6) is 11.5 Å². The molecule has 0 bridgehead atoms. The molecule has 1 amide bonds. The lowest BCUT2D eigenvalue weighted by atomic mass is 10.0. The number of carbonyl (C=O) groups is 1. The Morgan fingerprint density at radius 1 is 1.38 bits per heavy atom. The molecule has 0 saturated carbocycles. The fraction of sp³-hybridized carbons (Fsp3) is 0.263. The van der Waals surface area contributed by atoms with Crippen molar-refractivity contribution in [3.8, 4) is 11.5 Å². The number of aromatic nitrogens is 1. The molecule has 0 saturated heterocycles. The summed E-state index contributed by atoms with van der Waals surface area (Å²) in [5.74, 6) is 0.581. The van der Waals surface area contributed by atoms with Crippen LogP contribution in [0.1, 0.15) is 19.4 Å². The van der Waals surface area contributed by atoms with Crippen LogP contribution in [-0.4, -0.2) is 23.1 Å². The van der Waals surface area contributed by atoms with Gasteiger partial charge in [-0.05, 0) is 38.1 Å². The van der Waals surface area contributed by atoms with E-state index < -0.39 is 0 Å². The first kappa shape index (κ1) is 16.8. The lowest BCUT2D eigenvalue weighted by molar-refractivity contribution is -0.118. The highest BCUT2D eigenvalue weighted by atomic mass is 32.1. The summed E-state index contributed by atoms with van der Waals surface area (Å²) in [4.78, 5) is 16.4. The second-order valence-corrected chi connectivity index (χ2v) is 7.78. The maximum Gasteiger partial charge on any atom is 0.264 e. The zero-order valence-electron chi connectivity index (χ0n) is 14.3. The average Bonchev–Trinajstić information content (AvgIpc) is 3.10. The molecule has 3 aromatic rings. The molecule has 0 atom stereocenters. The number of hydrogen-bond acceptors (Lipinski definition) is 5. The number of ether oxygens (including phenoxy) is 2. The number of nitrogens with zero attached hydrogens (tertiary/aromatic N) is 1. The first-order valence-corrected chi connectivity index (χ1v) is 9.01. The van der Waals surface area contributed by atoms with Crippen molar-refractivity contribution in [3.63, 3.8) is 0 Å². The van der Waals surface area contributed by atoms with Crippen molar-refractivity contribution >= 4 is 32.6 Å². The van der Waals surface area contributed by atoms with Crippen LogP contribution in [0, 0.1) is 5.82 Å². The highest BCUT2D eigenvalue weighted by Gasteiger charge is 2.32. The van der Waals surface area contributed by atoms with Gasteiger partial charge in [-0.1, -0.05) is 23.5 Å². The molecule has 0 spiro atoms. The number of hydrogen-bond donors (Lipinski definition) is 1. The van der Waals surface area contributed by atoms with Gasteiger partial charge in [-0.2, -0.15) is 0 Å². The molecule has 0 fully saturated rings. The van der Waals surface area contributed by atoms with E-state index in [0.29, 0.717) is 26.8 Å². The normalized spacial score (nSPS) is 14.7. The molecule has 4 rings (SSSR count). The van der Waals surface area contributed by atoms with Crippen LogP contribution in [0.25, 0.3) is 10.2 Å². The second kappa shape index (κ2) is 6.25. The zero-order valence-corrected chi connectivity index (χ0v) is 15.2. The van der Waals surface area contributed by atoms with Crippen LogP contribution < -0.4 is 14.8 Å². The number of halogens is 1. The maximum atomic E-state index is 13.2. The van der Waals surface area contributed by atoms with Crippen molar-refractivity contribution in [3.05, 3.63) is 47.8 Å². The quantitative estimate of drug-likeness (QED) is 0.747. The van der Waals surface area contributed by atoms with Crippen molar-refractivity contribution in [2.24, 2.45) is 0 Å². The van der Waals surface area contributed by atoms with Crippen LogP contribution in [-0.2, 0) is 11.2 Å². The Labute approximate surface area is 153 Å². The number of benzene rings is 2. The molecule has 2 heterocycles. The molecular weight excluding hydrogens is 355 g/mol. The SMILES string of the molecule is CC1(C)Cc2cccc(OCC(=O)Nc3nc4ccc(F)cc4s3)c2O1. The Kier molecular flexibility index (Phi) is 4.03. The Balaban J connectivity index is 1.42. The van der Waals surface area contributed by atoms with Gasteiger partial charge in [0.05, 0.1) is 10.2 Å². The largest absolute Gasteiger partial charge is 0.483 e. The molecule has 7 heteroatoms. The minimum Gasteiger partial charge on any atom is -0.483 e. The molecule has 0 unspecified atom stereocenters. The Hall–Kier alpha value is -2.67. The number of para-hydroxylation sites is 1. The summed E-state index contributed by atoms with van der Waals surface area (Å²) < 4.78 is 25.5. The fourth-order valence-electron chi connectivity index (χ4n) is 2.95. The van der Waals surface area contributed by atoms with E-state index in [0.717, 1.165) is 12.0 Å². The smallest absolute Gasteiger partial charge is 0.264 e. The predicted octanol–water partition coefficient (Wildman–Crippen LogP) is 4.17. The number of anilines is 1. The third-order valence-electron chi connectivity index (χ3n) is 4.01. The molecule has 1 aliphatic rings. The molecule has 5 nitrogen and oxygen atoms in total. The van der Waals surface area contributed by atoms with Gasteiger partial charge in [0.25, 0.3) is 5.91 Å². The van der Waals surface area contributed by atoms with Gasteiger partial charge in [0, 0.05) is 12.0 Å². The summed E-state index contributed by atoms with van der Waals surface area (Å²) in [5.41, 5.74) is 1.44. The van der Waals surface area contributed by atoms with Gasteiger partial charge in [-0.3, -0.25) is 10.1 Å². The van der Waals surface area contributed by atoms with Gasteiger partial charge in [0.2, 0.25) is 0 Å². The molecule has 134 valence electrons. The lowest BCUT2D eigenvalue weighted by Crippen LogP contribution is -2.25. The fourth-order valence-corrected chi connectivity index (χ4v) is 3.86. The minimum atomic E-state index is -0.334. The molecule has 1 aromatic heterocycles. The van der Waals surface area contributed by atoms with E-state index >= 15 is 0 Å². The summed E-state index contributed by atoms with van der Waals surface area (Å²) in [7, 11) is 0. The van der Waals surface area contributed by atoms with Crippen LogP contribution >= 0.6 is 11.3 Å². The van der Waals surface area contributed by atoms with Crippen LogP contribution in [0.15, 0.2) is 36.4 Å². The van der Waals surface area contributed by atoms with Crippen molar-refractivity contribution < 1.29 is 18.7 Å². The Morgan fingerprint density at radius 2 is 2.23 bits per heavy atom. The zero-order chi connectivity index (χ0) is 18.3. The van der Waals surface area contributed by atoms with E-state index in [1.54, 1.807) is 12.1 Å². The molecule has 1 aliphatic heterocycles. The molecule has 0 aliphatic carbocycles. The van der Waals surface area contributed by atoms with Gasteiger partial charge >= 0.3 is 0 Å². The topological polar surface area (TPSA) is 60.5 Å². The van der Waals surface area contributed by atoms with E-state index in [2.05, 4.69) is 10.3 Å². The highest BCUT2D eigenvalue weighted by molar-refractivity contribution is 7.22. The van der Waals surface area contributed by atoms with Gasteiger partial charge in [0.1, 0.15) is 11.4 Å². The number of nitrogens with one attached hydrogen (secondary N) is 1. The van der Waals surface area contributed by atoms with Crippen molar-refractivity contribution in [1.29, 1.82) is 0 Å². The van der Waals surface area contributed by atoms with Crippen LogP contribution in [0.2, 0.25) is 0 Å². The van der Waals surface area contributed by atoms with Gasteiger partial charge < -0.3 is 9.47 Å². The Bertz CT molecular complexity index is 1000. The van der Waals surface area contributed by atoms with Gasteiger partial charge in [-0.25, -0.2) is 9.37 Å². The molecule has 2 aromatic carbocycles. The number of fused-ring (bicyclic) bond motifs is 2. The third kappa shape index (κ3) is 3.35. The average molecular weight is 372 g/mol. The van der Waals surface area contributed by atoms with E-state index in [-0.39, 0.29) is 23.9 Å². The third-order valence-corrected chi connectivity index (χ3v) is 4.94. The highest BCUT2D eigenvalue weighted by Crippen LogP contribution is 2.41. The molecule has 0 radical (unpaired) electrons. The van der Waals surface area contributed by atoms with Gasteiger partial charge in [0.15, 0.2) is 23.2 Å². The van der Waals surface area contributed by atoms with E-state index in [4.69, 9.17) is 9.47 Å². The number of thiazole rings is 1. The standard InChI is InChI=1S/C19H17FN2O3S/c1-19(2)9-11-4-3-5-14(17(11)25-19)24-10-16(23)22-18-21-13-7-6-12(20)8-15(13)26-18/h3-8H,9-10H2,1-2H3,(H,21,22,23). The lowest BCUT2D eigenvalue weighted by Gasteiger charge is -2.18. The number of rotatable bonds is 4. The summed E-state index contributed by atoms with van der Waals surface area (Å²) in [6.07, 6.45) is 0.800. The molecule has 26 heavy (non-hydrogen) atoms. The molecular formula is C19H17FN2O3S. The van der Waals surface area contributed by atoms with Crippen LogP contribution in [0.4, 0.5) is 9.52 Å². The maximum absolute atomic E-state index is 13.2. The second-order valence-electron chi connectivity index (χ2n) is 6.75.